The number of nitrogens with two attached hydrogens (primary N) is 1. The molecule has 0 spiro atoms. The van der Waals surface area contributed by atoms with Crippen molar-refractivity contribution in [3.8, 4) is 0 Å². The van der Waals surface area contributed by atoms with E-state index in [-0.39, 0.29) is 6.42 Å². The van der Waals surface area contributed by atoms with E-state index in [1.807, 2.05) is 0 Å². The third-order valence-electron chi connectivity index (χ3n) is 2.45. The molecule has 1 unspecified atom stereocenters. The van der Waals surface area contributed by atoms with Crippen LogP contribution in [-0.2, 0) is 11.2 Å². The fourth-order valence-corrected chi connectivity index (χ4v) is 1.39. The summed E-state index contributed by atoms with van der Waals surface area (Å²) in [7, 11) is 0. The van der Waals surface area contributed by atoms with Crippen molar-refractivity contribution in [2.24, 2.45) is 5.73 Å². The van der Waals surface area contributed by atoms with Crippen LogP contribution in [0.3, 0.4) is 0 Å². The summed E-state index contributed by atoms with van der Waals surface area (Å²) in [5.41, 5.74) is 2.72. The maximum Gasteiger partial charge on any atom is 0.413 e. The maximum absolute atomic E-state index is 12.5. The molecule has 0 fully saturated rings. The molecule has 17 heavy (non-hydrogen) atoms. The van der Waals surface area contributed by atoms with Gasteiger partial charge in [0.1, 0.15) is 0 Å². The highest BCUT2D eigenvalue weighted by molar-refractivity contribution is 9.10. The molecule has 2 N–H and O–H groups in total. The zero-order chi connectivity index (χ0) is 13.3. The smallest absolute Gasteiger partial charge is 0.312 e. The minimum atomic E-state index is -4.74. The molecule has 0 saturated heterocycles. The molecule has 0 radical (unpaired) electrons. The number of rotatable bonds is 3. The first-order valence-corrected chi connectivity index (χ1v) is 5.57. The van der Waals surface area contributed by atoms with Crippen LogP contribution >= 0.6 is 15.9 Å². The molecule has 1 rings (SSSR count). The Balaban J connectivity index is 2.83. The number of ketones is 1. The van der Waals surface area contributed by atoms with Gasteiger partial charge in [0, 0.05) is 10.9 Å². The summed E-state index contributed by atoms with van der Waals surface area (Å²) in [4.78, 5) is 11.5. The van der Waals surface area contributed by atoms with Crippen LogP contribution in [0, 0.1) is 0 Å². The van der Waals surface area contributed by atoms with Gasteiger partial charge in [-0.1, -0.05) is 28.1 Å². The predicted molar refractivity (Wildman–Crippen MR) is 61.5 cm³/mol. The normalized spacial score (nSPS) is 15.4. The second kappa shape index (κ2) is 4.78. The molecule has 0 amide bonds. The number of carbonyl (C=O) groups is 1. The third kappa shape index (κ3) is 3.29. The molecule has 0 aliphatic heterocycles. The Kier molecular flexibility index (Phi) is 3.99. The second-order valence-corrected chi connectivity index (χ2v) is 4.84. The summed E-state index contributed by atoms with van der Waals surface area (Å²) >= 11 is 3.19. The Labute approximate surface area is 105 Å². The summed E-state index contributed by atoms with van der Waals surface area (Å²) < 4.78 is 38.3. The van der Waals surface area contributed by atoms with E-state index in [1.165, 1.54) is 0 Å². The van der Waals surface area contributed by atoms with Crippen LogP contribution in [0.4, 0.5) is 13.2 Å². The molecule has 1 aromatic carbocycles. The monoisotopic (exact) mass is 309 g/mol. The predicted octanol–water partition coefficient (Wildman–Crippen LogP) is 2.84. The van der Waals surface area contributed by atoms with Crippen molar-refractivity contribution >= 4 is 21.7 Å². The van der Waals surface area contributed by atoms with Gasteiger partial charge in [-0.2, -0.15) is 13.2 Å². The van der Waals surface area contributed by atoms with Crippen molar-refractivity contribution in [3.05, 3.63) is 34.3 Å². The van der Waals surface area contributed by atoms with Crippen molar-refractivity contribution < 1.29 is 18.0 Å². The number of halogens is 4. The van der Waals surface area contributed by atoms with Crippen LogP contribution < -0.4 is 5.73 Å². The Morgan fingerprint density at radius 2 is 1.76 bits per heavy atom. The molecule has 2 nitrogen and oxygen atoms in total. The highest BCUT2D eigenvalue weighted by Gasteiger charge is 2.53. The maximum atomic E-state index is 12.5. The largest absolute Gasteiger partial charge is 0.413 e. The molecule has 94 valence electrons. The van der Waals surface area contributed by atoms with Crippen LogP contribution in [0.15, 0.2) is 28.7 Å². The van der Waals surface area contributed by atoms with Crippen LogP contribution in [0.2, 0.25) is 0 Å². The molecule has 0 heterocycles. The Hall–Kier alpha value is -0.880. The van der Waals surface area contributed by atoms with E-state index >= 15 is 0 Å². The number of Topliss-reactive ketones (excluding diaryl/α,β-unsaturated/α-hetero) is 1. The van der Waals surface area contributed by atoms with Crippen LogP contribution in [-0.4, -0.2) is 17.5 Å². The number of alkyl halides is 3. The Bertz CT molecular complexity index is 412. The van der Waals surface area contributed by atoms with E-state index in [0.717, 1.165) is 4.47 Å². The molecule has 0 bridgehead atoms. The lowest BCUT2D eigenvalue weighted by Gasteiger charge is -2.25. The van der Waals surface area contributed by atoms with Crippen molar-refractivity contribution in [1.29, 1.82) is 0 Å². The molecule has 1 atom stereocenters. The first-order valence-electron chi connectivity index (χ1n) is 4.78. The number of carbonyl (C=O) groups excluding carboxylic acids is 1. The van der Waals surface area contributed by atoms with E-state index in [9.17, 15) is 18.0 Å². The van der Waals surface area contributed by atoms with E-state index in [4.69, 9.17) is 5.73 Å². The van der Waals surface area contributed by atoms with Crippen molar-refractivity contribution in [2.45, 2.75) is 25.1 Å². The molecule has 0 aliphatic carbocycles. The van der Waals surface area contributed by atoms with Gasteiger partial charge in [0.05, 0.1) is 0 Å². The molecule has 0 aromatic heterocycles. The van der Waals surface area contributed by atoms with Gasteiger partial charge >= 0.3 is 6.18 Å². The second-order valence-electron chi connectivity index (χ2n) is 3.93. The Morgan fingerprint density at radius 1 is 1.29 bits per heavy atom. The fraction of sp³-hybridized carbons (Fsp3) is 0.364. The summed E-state index contributed by atoms with van der Waals surface area (Å²) in [6, 6.07) is 6.47. The van der Waals surface area contributed by atoms with Crippen molar-refractivity contribution in [3.63, 3.8) is 0 Å². The average Bonchev–Trinajstić information content (AvgIpc) is 2.19. The number of hydrogen-bond donors (Lipinski definition) is 1. The van der Waals surface area contributed by atoms with E-state index < -0.39 is 17.5 Å². The standard InChI is InChI=1S/C11H11BrF3NO/c1-10(16,11(13,14)15)9(17)6-7-2-4-8(12)5-3-7/h2-5H,6,16H2,1H3. The number of hydrogen-bond acceptors (Lipinski definition) is 2. The SMILES string of the molecule is CC(N)(C(=O)Cc1ccc(Br)cc1)C(F)(F)F. The lowest BCUT2D eigenvalue weighted by molar-refractivity contribution is -0.185. The first-order chi connectivity index (χ1) is 7.64. The fourth-order valence-electron chi connectivity index (χ4n) is 1.13. The third-order valence-corrected chi connectivity index (χ3v) is 2.97. The minimum absolute atomic E-state index is 0.334. The van der Waals surface area contributed by atoms with Gasteiger partial charge in [-0.3, -0.25) is 4.79 Å². The quantitative estimate of drug-likeness (QED) is 0.933. The van der Waals surface area contributed by atoms with Gasteiger partial charge in [0.25, 0.3) is 0 Å². The van der Waals surface area contributed by atoms with Gasteiger partial charge in [-0.15, -0.1) is 0 Å². The van der Waals surface area contributed by atoms with Gasteiger partial charge in [-0.05, 0) is 24.6 Å². The van der Waals surface area contributed by atoms with E-state index in [2.05, 4.69) is 15.9 Å². The lowest BCUT2D eigenvalue weighted by atomic mass is 9.92. The number of benzene rings is 1. The highest BCUT2D eigenvalue weighted by atomic mass is 79.9. The van der Waals surface area contributed by atoms with Crippen LogP contribution in [0.25, 0.3) is 0 Å². The molecule has 0 saturated carbocycles. The molecular weight excluding hydrogens is 299 g/mol. The minimum Gasteiger partial charge on any atom is -0.312 e. The van der Waals surface area contributed by atoms with Crippen LogP contribution in [0.1, 0.15) is 12.5 Å². The summed E-state index contributed by atoms with van der Waals surface area (Å²) in [5.74, 6) is -1.05. The average molecular weight is 310 g/mol. The summed E-state index contributed by atoms with van der Waals surface area (Å²) in [6.07, 6.45) is -5.07. The summed E-state index contributed by atoms with van der Waals surface area (Å²) in [6.45, 7) is 0.689. The van der Waals surface area contributed by atoms with Gasteiger partial charge in [0.2, 0.25) is 0 Å². The Morgan fingerprint density at radius 3 is 2.18 bits per heavy atom. The van der Waals surface area contributed by atoms with Gasteiger partial charge in [0.15, 0.2) is 11.3 Å². The molecule has 6 heteroatoms. The van der Waals surface area contributed by atoms with Crippen molar-refractivity contribution in [1.82, 2.24) is 0 Å². The van der Waals surface area contributed by atoms with Gasteiger partial charge in [-0.25, -0.2) is 0 Å². The molecular formula is C11H11BrF3NO. The summed E-state index contributed by atoms with van der Waals surface area (Å²) in [5, 5.41) is 0. The topological polar surface area (TPSA) is 43.1 Å². The van der Waals surface area contributed by atoms with E-state index in [0.29, 0.717) is 12.5 Å². The first kappa shape index (κ1) is 14.2. The molecule has 0 aliphatic rings. The lowest BCUT2D eigenvalue weighted by Crippen LogP contribution is -2.57. The molecule has 1 aromatic rings. The zero-order valence-electron chi connectivity index (χ0n) is 9.01. The highest BCUT2D eigenvalue weighted by Crippen LogP contribution is 2.29. The van der Waals surface area contributed by atoms with Crippen molar-refractivity contribution in [2.75, 3.05) is 0 Å². The van der Waals surface area contributed by atoms with Crippen LogP contribution in [0.5, 0.6) is 0 Å². The van der Waals surface area contributed by atoms with E-state index in [1.54, 1.807) is 24.3 Å². The zero-order valence-corrected chi connectivity index (χ0v) is 10.6. The van der Waals surface area contributed by atoms with Gasteiger partial charge < -0.3 is 5.73 Å².